The lowest BCUT2D eigenvalue weighted by molar-refractivity contribution is 0.0925. The molecule has 0 heterocycles. The number of hydrogen-bond donors (Lipinski definition) is 2. The summed E-state index contributed by atoms with van der Waals surface area (Å²) in [7, 11) is 1.91. The minimum atomic E-state index is -0.164. The summed E-state index contributed by atoms with van der Waals surface area (Å²) in [5, 5.41) is 18.1. The molecule has 0 aliphatic carbocycles. The molecule has 1 aromatic rings. The highest BCUT2D eigenvalue weighted by atomic mass is 79.9. The van der Waals surface area contributed by atoms with Gasteiger partial charge in [-0.15, -0.1) is 0 Å². The second kappa shape index (κ2) is 7.01. The van der Waals surface area contributed by atoms with Crippen molar-refractivity contribution in [2.24, 2.45) is 0 Å². The van der Waals surface area contributed by atoms with Gasteiger partial charge >= 0.3 is 0 Å². The maximum Gasteiger partial charge on any atom is 0.0609 e. The Morgan fingerprint density at radius 2 is 1.88 bits per heavy atom. The summed E-state index contributed by atoms with van der Waals surface area (Å²) in [6, 6.07) is 7.93. The molecule has 0 aromatic heterocycles. The van der Waals surface area contributed by atoms with Crippen molar-refractivity contribution in [2.45, 2.75) is 12.5 Å². The highest BCUT2D eigenvalue weighted by Crippen LogP contribution is 2.16. The van der Waals surface area contributed by atoms with Crippen LogP contribution in [0.4, 0.5) is 0 Å². The highest BCUT2D eigenvalue weighted by molar-refractivity contribution is 9.10. The van der Waals surface area contributed by atoms with Crippen molar-refractivity contribution < 1.29 is 10.2 Å². The SMILES string of the molecule is CN(CCc1ccccc1Br)C(CO)CO. The van der Waals surface area contributed by atoms with Gasteiger partial charge in [-0.1, -0.05) is 34.1 Å². The average Bonchev–Trinajstić information content (AvgIpc) is 2.29. The largest absolute Gasteiger partial charge is 0.395 e. The lowest BCUT2D eigenvalue weighted by Gasteiger charge is -2.24. The molecular weight excluding hydrogens is 270 g/mol. The lowest BCUT2D eigenvalue weighted by Crippen LogP contribution is -2.38. The molecule has 0 unspecified atom stereocenters. The highest BCUT2D eigenvalue weighted by Gasteiger charge is 2.12. The predicted molar refractivity (Wildman–Crippen MR) is 68.4 cm³/mol. The standard InChI is InChI=1S/C12H18BrNO2/c1-14(11(8-15)9-16)7-6-10-4-2-3-5-12(10)13/h2-5,11,15-16H,6-9H2,1H3. The Kier molecular flexibility index (Phi) is 5.98. The molecule has 0 aliphatic rings. The van der Waals surface area contributed by atoms with Gasteiger partial charge in [0.1, 0.15) is 0 Å². The maximum absolute atomic E-state index is 9.04. The van der Waals surface area contributed by atoms with Crippen LogP contribution in [0.5, 0.6) is 0 Å². The van der Waals surface area contributed by atoms with Crippen LogP contribution >= 0.6 is 15.9 Å². The second-order valence-corrected chi connectivity index (χ2v) is 4.70. The molecule has 90 valence electrons. The van der Waals surface area contributed by atoms with Crippen molar-refractivity contribution in [3.63, 3.8) is 0 Å². The van der Waals surface area contributed by atoms with Gasteiger partial charge in [-0.2, -0.15) is 0 Å². The van der Waals surface area contributed by atoms with E-state index in [2.05, 4.69) is 22.0 Å². The number of aliphatic hydroxyl groups excluding tert-OH is 2. The summed E-state index contributed by atoms with van der Waals surface area (Å²) in [4.78, 5) is 1.97. The number of aliphatic hydroxyl groups is 2. The zero-order valence-electron chi connectivity index (χ0n) is 9.43. The first-order valence-corrected chi connectivity index (χ1v) is 6.13. The molecule has 16 heavy (non-hydrogen) atoms. The molecule has 1 aromatic carbocycles. The molecule has 0 spiro atoms. The van der Waals surface area contributed by atoms with Crippen molar-refractivity contribution in [1.29, 1.82) is 0 Å². The quantitative estimate of drug-likeness (QED) is 0.828. The molecule has 4 heteroatoms. The smallest absolute Gasteiger partial charge is 0.0609 e. The summed E-state index contributed by atoms with van der Waals surface area (Å²) in [6.45, 7) is 0.792. The number of nitrogens with zero attached hydrogens (tertiary/aromatic N) is 1. The molecule has 3 nitrogen and oxygen atoms in total. The van der Waals surface area contributed by atoms with E-state index in [9.17, 15) is 0 Å². The average molecular weight is 288 g/mol. The van der Waals surface area contributed by atoms with E-state index in [0.717, 1.165) is 17.4 Å². The Balaban J connectivity index is 2.48. The first-order valence-electron chi connectivity index (χ1n) is 5.34. The van der Waals surface area contributed by atoms with E-state index in [-0.39, 0.29) is 19.3 Å². The number of benzene rings is 1. The van der Waals surface area contributed by atoms with Crippen LogP contribution in [0.2, 0.25) is 0 Å². The van der Waals surface area contributed by atoms with Crippen molar-refractivity contribution >= 4 is 15.9 Å². The number of likely N-dealkylation sites (N-methyl/N-ethyl adjacent to an activating group) is 1. The summed E-state index contributed by atoms with van der Waals surface area (Å²) in [5.41, 5.74) is 1.24. The molecule has 2 N–H and O–H groups in total. The van der Waals surface area contributed by atoms with E-state index in [1.165, 1.54) is 5.56 Å². The zero-order chi connectivity index (χ0) is 12.0. The van der Waals surface area contributed by atoms with Crippen LogP contribution in [-0.2, 0) is 6.42 Å². The Bertz CT molecular complexity index is 316. The molecule has 0 fully saturated rings. The Morgan fingerprint density at radius 1 is 1.25 bits per heavy atom. The fourth-order valence-corrected chi connectivity index (χ4v) is 2.00. The molecule has 0 saturated carbocycles. The Hall–Kier alpha value is -0.420. The van der Waals surface area contributed by atoms with Crippen LogP contribution in [-0.4, -0.2) is 48.0 Å². The minimum absolute atomic E-state index is 0.0110. The van der Waals surface area contributed by atoms with E-state index in [1.54, 1.807) is 0 Å². The van der Waals surface area contributed by atoms with Gasteiger partial charge in [0, 0.05) is 11.0 Å². The van der Waals surface area contributed by atoms with Gasteiger partial charge in [0.25, 0.3) is 0 Å². The van der Waals surface area contributed by atoms with Crippen molar-refractivity contribution in [2.75, 3.05) is 26.8 Å². The van der Waals surface area contributed by atoms with Crippen LogP contribution in [0.1, 0.15) is 5.56 Å². The molecule has 0 aliphatic heterocycles. The third-order valence-corrected chi connectivity index (χ3v) is 3.51. The van der Waals surface area contributed by atoms with Crippen LogP contribution < -0.4 is 0 Å². The lowest BCUT2D eigenvalue weighted by atomic mass is 10.1. The van der Waals surface area contributed by atoms with Gasteiger partial charge in [0.15, 0.2) is 0 Å². The second-order valence-electron chi connectivity index (χ2n) is 3.84. The van der Waals surface area contributed by atoms with Crippen LogP contribution in [0.15, 0.2) is 28.7 Å². The van der Waals surface area contributed by atoms with Gasteiger partial charge in [0.05, 0.1) is 19.3 Å². The minimum Gasteiger partial charge on any atom is -0.395 e. The number of rotatable bonds is 6. The van der Waals surface area contributed by atoms with E-state index >= 15 is 0 Å². The van der Waals surface area contributed by atoms with Gasteiger partial charge < -0.3 is 10.2 Å². The zero-order valence-corrected chi connectivity index (χ0v) is 11.0. The topological polar surface area (TPSA) is 43.7 Å². The van der Waals surface area contributed by atoms with E-state index < -0.39 is 0 Å². The fraction of sp³-hybridized carbons (Fsp3) is 0.500. The first kappa shape index (κ1) is 13.6. The van der Waals surface area contributed by atoms with Crippen molar-refractivity contribution in [3.05, 3.63) is 34.3 Å². The number of hydrogen-bond acceptors (Lipinski definition) is 3. The molecule has 0 atom stereocenters. The Labute approximate surface area is 105 Å². The fourth-order valence-electron chi connectivity index (χ4n) is 1.52. The first-order chi connectivity index (χ1) is 7.69. The van der Waals surface area contributed by atoms with Gasteiger partial charge in [-0.3, -0.25) is 4.90 Å². The van der Waals surface area contributed by atoms with Crippen LogP contribution in [0.25, 0.3) is 0 Å². The maximum atomic E-state index is 9.04. The van der Waals surface area contributed by atoms with Crippen LogP contribution in [0, 0.1) is 0 Å². The van der Waals surface area contributed by atoms with Crippen molar-refractivity contribution in [1.82, 2.24) is 4.90 Å². The normalized spacial score (nSPS) is 11.4. The molecule has 0 saturated heterocycles. The monoisotopic (exact) mass is 287 g/mol. The summed E-state index contributed by atoms with van der Waals surface area (Å²) < 4.78 is 1.10. The number of halogens is 1. The third kappa shape index (κ3) is 3.87. The molecule has 0 bridgehead atoms. The van der Waals surface area contributed by atoms with E-state index in [1.807, 2.05) is 30.1 Å². The molecular formula is C12H18BrNO2. The molecule has 1 rings (SSSR count). The van der Waals surface area contributed by atoms with Gasteiger partial charge in [-0.05, 0) is 25.1 Å². The van der Waals surface area contributed by atoms with Gasteiger partial charge in [-0.25, -0.2) is 0 Å². The van der Waals surface area contributed by atoms with E-state index in [0.29, 0.717) is 0 Å². The summed E-state index contributed by atoms with van der Waals surface area (Å²) in [5.74, 6) is 0. The van der Waals surface area contributed by atoms with Crippen molar-refractivity contribution in [3.8, 4) is 0 Å². The predicted octanol–water partition coefficient (Wildman–Crippen LogP) is 1.28. The summed E-state index contributed by atoms with van der Waals surface area (Å²) in [6.07, 6.45) is 0.897. The third-order valence-electron chi connectivity index (χ3n) is 2.74. The molecule has 0 amide bonds. The van der Waals surface area contributed by atoms with Crippen LogP contribution in [0.3, 0.4) is 0 Å². The summed E-state index contributed by atoms with van der Waals surface area (Å²) >= 11 is 3.50. The Morgan fingerprint density at radius 3 is 2.44 bits per heavy atom. The molecule has 0 radical (unpaired) electrons. The van der Waals surface area contributed by atoms with Gasteiger partial charge in [0.2, 0.25) is 0 Å². The van der Waals surface area contributed by atoms with E-state index in [4.69, 9.17) is 10.2 Å².